The van der Waals surface area contributed by atoms with Crippen molar-refractivity contribution in [1.29, 1.82) is 0 Å². The van der Waals surface area contributed by atoms with Gasteiger partial charge in [0.2, 0.25) is 0 Å². The van der Waals surface area contributed by atoms with Crippen LogP contribution in [-0.4, -0.2) is 27.6 Å². The molecular weight excluding hydrogens is 273 g/mol. The number of rotatable bonds is 3. The van der Waals surface area contributed by atoms with Crippen LogP contribution in [0, 0.1) is 5.82 Å². The molecule has 0 amide bonds. The van der Waals surface area contributed by atoms with Gasteiger partial charge in [-0.3, -0.25) is 0 Å². The molecule has 2 heterocycles. The second-order valence-corrected chi connectivity index (χ2v) is 4.91. The molecule has 0 bridgehead atoms. The molecule has 1 aromatic heterocycles. The van der Waals surface area contributed by atoms with Gasteiger partial charge in [-0.1, -0.05) is 18.2 Å². The Morgan fingerprint density at radius 1 is 1.33 bits per heavy atom. The predicted molar refractivity (Wildman–Crippen MR) is 73.6 cm³/mol. The zero-order chi connectivity index (χ0) is 14.8. The minimum atomic E-state index is -1.08. The topological polar surface area (TPSA) is 75.1 Å². The van der Waals surface area contributed by atoms with Crippen molar-refractivity contribution in [2.24, 2.45) is 0 Å². The van der Waals surface area contributed by atoms with Crippen molar-refractivity contribution in [2.75, 3.05) is 6.54 Å². The fraction of sp³-hybridized carbons (Fsp3) is 0.267. The number of aromatic carboxylic acids is 1. The van der Waals surface area contributed by atoms with Crippen LogP contribution in [0.15, 0.2) is 24.3 Å². The van der Waals surface area contributed by atoms with Crippen molar-refractivity contribution < 1.29 is 14.3 Å². The largest absolute Gasteiger partial charge is 0.476 e. The maximum Gasteiger partial charge on any atom is 0.354 e. The van der Waals surface area contributed by atoms with Crippen molar-refractivity contribution in [1.82, 2.24) is 15.3 Å². The number of hydrogen-bond donors (Lipinski definition) is 2. The Kier molecular flexibility index (Phi) is 3.62. The number of benzene rings is 1. The van der Waals surface area contributed by atoms with E-state index in [0.717, 1.165) is 12.2 Å². The number of carboxylic acids is 1. The zero-order valence-electron chi connectivity index (χ0n) is 11.3. The molecule has 2 N–H and O–H groups in total. The van der Waals surface area contributed by atoms with Crippen LogP contribution in [0.3, 0.4) is 0 Å². The molecule has 1 aromatic carbocycles. The molecular formula is C15H14FN3O2. The normalized spacial score (nSPS) is 13.8. The summed E-state index contributed by atoms with van der Waals surface area (Å²) in [5.74, 6) is -1.07. The molecule has 0 aliphatic carbocycles. The summed E-state index contributed by atoms with van der Waals surface area (Å²) in [4.78, 5) is 19.9. The van der Waals surface area contributed by atoms with Crippen LogP contribution in [0.2, 0.25) is 0 Å². The standard InChI is InChI=1S/C15H14FN3O2/c16-11-4-2-1-3-9(11)7-13-18-12-5-6-17-8-10(12)14(19-13)15(20)21/h1-4,17H,5-8H2,(H,20,21). The lowest BCUT2D eigenvalue weighted by atomic mass is 10.0. The Balaban J connectivity index is 2.01. The molecule has 108 valence electrons. The Labute approximate surface area is 120 Å². The van der Waals surface area contributed by atoms with E-state index in [1.807, 2.05) is 0 Å². The van der Waals surface area contributed by atoms with Crippen molar-refractivity contribution in [2.45, 2.75) is 19.4 Å². The van der Waals surface area contributed by atoms with Crippen molar-refractivity contribution >= 4 is 5.97 Å². The number of aromatic nitrogens is 2. The monoisotopic (exact) mass is 287 g/mol. The van der Waals surface area contributed by atoms with E-state index in [1.54, 1.807) is 18.2 Å². The first-order chi connectivity index (χ1) is 10.1. The molecule has 0 atom stereocenters. The van der Waals surface area contributed by atoms with E-state index in [-0.39, 0.29) is 17.9 Å². The first kappa shape index (κ1) is 13.6. The highest BCUT2D eigenvalue weighted by Gasteiger charge is 2.21. The summed E-state index contributed by atoms with van der Waals surface area (Å²) in [6.07, 6.45) is 0.843. The SMILES string of the molecule is O=C(O)c1nc(Cc2ccccc2F)nc2c1CNCC2. The minimum absolute atomic E-state index is 0.0125. The maximum absolute atomic E-state index is 13.7. The van der Waals surface area contributed by atoms with E-state index < -0.39 is 5.97 Å². The molecule has 21 heavy (non-hydrogen) atoms. The van der Waals surface area contributed by atoms with E-state index in [2.05, 4.69) is 15.3 Å². The van der Waals surface area contributed by atoms with E-state index in [1.165, 1.54) is 6.07 Å². The Bertz CT molecular complexity index is 703. The third-order valence-electron chi connectivity index (χ3n) is 3.49. The van der Waals surface area contributed by atoms with Crippen molar-refractivity contribution in [3.05, 3.63) is 58.4 Å². The second kappa shape index (κ2) is 5.57. The lowest BCUT2D eigenvalue weighted by Crippen LogP contribution is -2.28. The van der Waals surface area contributed by atoms with Gasteiger partial charge in [-0.25, -0.2) is 19.2 Å². The van der Waals surface area contributed by atoms with E-state index in [0.29, 0.717) is 29.9 Å². The first-order valence-electron chi connectivity index (χ1n) is 6.71. The zero-order valence-corrected chi connectivity index (χ0v) is 11.3. The quantitative estimate of drug-likeness (QED) is 0.896. The third kappa shape index (κ3) is 2.75. The fourth-order valence-corrected chi connectivity index (χ4v) is 2.46. The van der Waals surface area contributed by atoms with E-state index in [4.69, 9.17) is 0 Å². The highest BCUT2D eigenvalue weighted by atomic mass is 19.1. The van der Waals surface area contributed by atoms with Gasteiger partial charge in [0.25, 0.3) is 0 Å². The van der Waals surface area contributed by atoms with Crippen LogP contribution in [0.1, 0.15) is 33.1 Å². The van der Waals surface area contributed by atoms with Gasteiger partial charge < -0.3 is 10.4 Å². The van der Waals surface area contributed by atoms with Crippen LogP contribution < -0.4 is 5.32 Å². The molecule has 5 nitrogen and oxygen atoms in total. The number of carbonyl (C=O) groups is 1. The van der Waals surface area contributed by atoms with Crippen LogP contribution in [-0.2, 0) is 19.4 Å². The number of nitrogens with zero attached hydrogens (tertiary/aromatic N) is 2. The summed E-state index contributed by atoms with van der Waals surface area (Å²) in [5.41, 5.74) is 1.85. The summed E-state index contributed by atoms with van der Waals surface area (Å²) < 4.78 is 13.7. The van der Waals surface area contributed by atoms with Gasteiger partial charge in [-0.15, -0.1) is 0 Å². The molecule has 0 unspecified atom stereocenters. The molecule has 3 rings (SSSR count). The fourth-order valence-electron chi connectivity index (χ4n) is 2.46. The minimum Gasteiger partial charge on any atom is -0.476 e. The number of nitrogens with one attached hydrogen (secondary N) is 1. The number of hydrogen-bond acceptors (Lipinski definition) is 4. The van der Waals surface area contributed by atoms with Gasteiger partial charge in [0.1, 0.15) is 11.6 Å². The number of halogens is 1. The number of fused-ring (bicyclic) bond motifs is 1. The summed E-state index contributed by atoms with van der Waals surface area (Å²) >= 11 is 0. The van der Waals surface area contributed by atoms with E-state index in [9.17, 15) is 14.3 Å². The summed E-state index contributed by atoms with van der Waals surface area (Å²) in [5, 5.41) is 12.4. The molecule has 0 spiro atoms. The smallest absolute Gasteiger partial charge is 0.354 e. The second-order valence-electron chi connectivity index (χ2n) is 4.91. The van der Waals surface area contributed by atoms with Crippen molar-refractivity contribution in [3.63, 3.8) is 0 Å². The Morgan fingerprint density at radius 2 is 2.14 bits per heavy atom. The van der Waals surface area contributed by atoms with E-state index >= 15 is 0 Å². The molecule has 1 aliphatic heterocycles. The van der Waals surface area contributed by atoms with Gasteiger partial charge in [0, 0.05) is 31.5 Å². The van der Waals surface area contributed by atoms with Gasteiger partial charge in [0.15, 0.2) is 5.69 Å². The lowest BCUT2D eigenvalue weighted by molar-refractivity contribution is 0.0688. The summed E-state index contributed by atoms with van der Waals surface area (Å²) in [7, 11) is 0. The van der Waals surface area contributed by atoms with Crippen LogP contribution in [0.5, 0.6) is 0 Å². The Morgan fingerprint density at radius 3 is 2.90 bits per heavy atom. The molecule has 0 radical (unpaired) electrons. The maximum atomic E-state index is 13.7. The summed E-state index contributed by atoms with van der Waals surface area (Å²) in [6.45, 7) is 1.21. The average molecular weight is 287 g/mol. The molecule has 6 heteroatoms. The molecule has 1 aliphatic rings. The third-order valence-corrected chi connectivity index (χ3v) is 3.49. The Hall–Kier alpha value is -2.34. The predicted octanol–water partition coefficient (Wildman–Crippen LogP) is 1.55. The van der Waals surface area contributed by atoms with Gasteiger partial charge in [-0.05, 0) is 11.6 Å². The first-order valence-corrected chi connectivity index (χ1v) is 6.71. The van der Waals surface area contributed by atoms with Gasteiger partial charge >= 0.3 is 5.97 Å². The number of carboxylic acid groups (broad SMARTS) is 1. The van der Waals surface area contributed by atoms with Crippen LogP contribution in [0.25, 0.3) is 0 Å². The molecule has 0 saturated carbocycles. The molecule has 0 saturated heterocycles. The molecule has 0 fully saturated rings. The van der Waals surface area contributed by atoms with Crippen molar-refractivity contribution in [3.8, 4) is 0 Å². The lowest BCUT2D eigenvalue weighted by Gasteiger charge is -2.18. The average Bonchev–Trinajstić information content (AvgIpc) is 2.48. The van der Waals surface area contributed by atoms with Gasteiger partial charge in [-0.2, -0.15) is 0 Å². The van der Waals surface area contributed by atoms with Gasteiger partial charge in [0.05, 0.1) is 5.69 Å². The molecule has 2 aromatic rings. The van der Waals surface area contributed by atoms with Crippen LogP contribution in [0.4, 0.5) is 4.39 Å². The highest BCUT2D eigenvalue weighted by molar-refractivity contribution is 5.87. The van der Waals surface area contributed by atoms with Crippen LogP contribution >= 0.6 is 0 Å². The summed E-state index contributed by atoms with van der Waals surface area (Å²) in [6, 6.07) is 6.37. The highest BCUT2D eigenvalue weighted by Crippen LogP contribution is 2.18.